The third kappa shape index (κ3) is 8.82. The number of hydrogen-bond acceptors (Lipinski definition) is 7. The largest absolute Gasteiger partial charge is 0.497 e. The molecule has 0 fully saturated rings. The zero-order valence-corrected chi connectivity index (χ0v) is 24.2. The second-order valence-corrected chi connectivity index (χ2v) is 11.1. The Kier molecular flexibility index (Phi) is 12.2. The molecule has 38 heavy (non-hydrogen) atoms. The van der Waals surface area contributed by atoms with Crippen LogP contribution in [-0.4, -0.2) is 82.8 Å². The van der Waals surface area contributed by atoms with Gasteiger partial charge in [-0.1, -0.05) is 13.8 Å². The van der Waals surface area contributed by atoms with E-state index in [1.54, 1.807) is 50.2 Å². The van der Waals surface area contributed by atoms with Crippen LogP contribution in [0.4, 0.5) is 0 Å². The zero-order valence-electron chi connectivity index (χ0n) is 23.4. The Morgan fingerprint density at radius 1 is 0.974 bits per heavy atom. The van der Waals surface area contributed by atoms with E-state index in [1.807, 2.05) is 0 Å². The van der Waals surface area contributed by atoms with Crippen LogP contribution in [0.3, 0.4) is 0 Å². The molecule has 0 saturated carbocycles. The lowest BCUT2D eigenvalue weighted by atomic mass is 10.1. The summed E-state index contributed by atoms with van der Waals surface area (Å²) in [5.41, 5.74) is 1.68. The van der Waals surface area contributed by atoms with E-state index in [-0.39, 0.29) is 30.2 Å². The molecule has 2 aromatic rings. The molecule has 0 unspecified atom stereocenters. The SMILES string of the molecule is CCN(CC)CCOc1ccc(C(=O)CCCNC(=O)CN(C)S(=O)(=O)c2c(C)cc(OC)cc2C)cc1. The number of ether oxygens (including phenoxy) is 2. The van der Waals surface area contributed by atoms with Crippen LogP contribution >= 0.6 is 0 Å². The molecule has 210 valence electrons. The normalized spacial score (nSPS) is 11.6. The van der Waals surface area contributed by atoms with Crippen LogP contribution < -0.4 is 14.8 Å². The number of nitrogens with one attached hydrogen (secondary N) is 1. The number of methoxy groups -OCH3 is 1. The van der Waals surface area contributed by atoms with E-state index in [0.717, 1.165) is 29.7 Å². The topological polar surface area (TPSA) is 105 Å². The molecular weight excluding hydrogens is 506 g/mol. The van der Waals surface area contributed by atoms with Gasteiger partial charge in [0.15, 0.2) is 5.78 Å². The number of benzene rings is 2. The van der Waals surface area contributed by atoms with Crippen LogP contribution in [0.5, 0.6) is 11.5 Å². The first kappa shape index (κ1) is 31.3. The average molecular weight is 548 g/mol. The second-order valence-electron chi connectivity index (χ2n) is 9.13. The van der Waals surface area contributed by atoms with Crippen molar-refractivity contribution in [2.75, 3.05) is 53.5 Å². The summed E-state index contributed by atoms with van der Waals surface area (Å²) < 4.78 is 38.1. The molecule has 2 rings (SSSR count). The van der Waals surface area contributed by atoms with Crippen molar-refractivity contribution >= 4 is 21.7 Å². The van der Waals surface area contributed by atoms with Crippen molar-refractivity contribution in [2.45, 2.75) is 45.4 Å². The van der Waals surface area contributed by atoms with Crippen molar-refractivity contribution in [3.05, 3.63) is 53.1 Å². The van der Waals surface area contributed by atoms with Crippen LogP contribution in [0.25, 0.3) is 0 Å². The molecular formula is C28H41N3O6S. The van der Waals surface area contributed by atoms with Gasteiger partial charge in [0.2, 0.25) is 15.9 Å². The summed E-state index contributed by atoms with van der Waals surface area (Å²) in [6.45, 7) is 11.0. The highest BCUT2D eigenvalue weighted by Gasteiger charge is 2.27. The van der Waals surface area contributed by atoms with Gasteiger partial charge < -0.3 is 19.7 Å². The Bertz CT molecular complexity index is 1150. The molecule has 0 atom stereocenters. The molecule has 2 aromatic carbocycles. The van der Waals surface area contributed by atoms with Gasteiger partial charge >= 0.3 is 0 Å². The van der Waals surface area contributed by atoms with E-state index in [9.17, 15) is 18.0 Å². The van der Waals surface area contributed by atoms with Gasteiger partial charge in [-0.2, -0.15) is 4.31 Å². The average Bonchev–Trinajstić information content (AvgIpc) is 2.88. The number of ketones is 1. The van der Waals surface area contributed by atoms with Gasteiger partial charge in [0.05, 0.1) is 18.6 Å². The van der Waals surface area contributed by atoms with Crippen molar-refractivity contribution < 1.29 is 27.5 Å². The quantitative estimate of drug-likeness (QED) is 0.254. The molecule has 0 aliphatic carbocycles. The van der Waals surface area contributed by atoms with Gasteiger partial charge in [-0.15, -0.1) is 0 Å². The molecule has 0 heterocycles. The van der Waals surface area contributed by atoms with Crippen molar-refractivity contribution in [2.24, 2.45) is 0 Å². The summed E-state index contributed by atoms with van der Waals surface area (Å²) >= 11 is 0. The minimum absolute atomic E-state index is 0.0286. The number of aryl methyl sites for hydroxylation is 2. The number of sulfonamides is 1. The number of nitrogens with zero attached hydrogens (tertiary/aromatic N) is 2. The lowest BCUT2D eigenvalue weighted by molar-refractivity contribution is -0.121. The highest BCUT2D eigenvalue weighted by molar-refractivity contribution is 7.89. The van der Waals surface area contributed by atoms with Crippen LogP contribution in [0.2, 0.25) is 0 Å². The van der Waals surface area contributed by atoms with Gasteiger partial charge in [0.1, 0.15) is 18.1 Å². The van der Waals surface area contributed by atoms with Gasteiger partial charge in [-0.05, 0) is 80.9 Å². The van der Waals surface area contributed by atoms with Gasteiger partial charge in [-0.3, -0.25) is 9.59 Å². The summed E-state index contributed by atoms with van der Waals surface area (Å²) in [7, 11) is -0.972. The van der Waals surface area contributed by atoms with Gasteiger partial charge in [0.25, 0.3) is 0 Å². The lowest BCUT2D eigenvalue weighted by Crippen LogP contribution is -2.39. The number of likely N-dealkylation sites (N-methyl/N-ethyl adjacent to an activating group) is 2. The Labute approximate surface area is 227 Å². The molecule has 0 radical (unpaired) electrons. The monoisotopic (exact) mass is 547 g/mol. The van der Waals surface area contributed by atoms with Crippen LogP contribution in [0, 0.1) is 13.8 Å². The standard InChI is InChI=1S/C28H41N3O6S/c1-7-31(8-2)16-17-37-24-13-11-23(12-14-24)26(32)10-9-15-29-27(33)20-30(5)38(34,35)28-21(3)18-25(36-6)19-22(28)4/h11-14,18-19H,7-10,15-17,20H2,1-6H3,(H,29,33). The zero-order chi connectivity index (χ0) is 28.3. The highest BCUT2D eigenvalue weighted by atomic mass is 32.2. The number of amides is 1. The molecule has 0 spiro atoms. The highest BCUT2D eigenvalue weighted by Crippen LogP contribution is 2.27. The molecule has 1 N–H and O–H groups in total. The van der Waals surface area contributed by atoms with Crippen molar-refractivity contribution in [3.8, 4) is 11.5 Å². The van der Waals surface area contributed by atoms with Crippen LogP contribution in [-0.2, 0) is 14.8 Å². The van der Waals surface area contributed by atoms with Crippen molar-refractivity contribution in [1.82, 2.24) is 14.5 Å². The fraction of sp³-hybridized carbons (Fsp3) is 0.500. The van der Waals surface area contributed by atoms with Crippen molar-refractivity contribution in [3.63, 3.8) is 0 Å². The summed E-state index contributed by atoms with van der Waals surface area (Å²) in [6.07, 6.45) is 0.709. The fourth-order valence-corrected chi connectivity index (χ4v) is 5.66. The Morgan fingerprint density at radius 2 is 1.58 bits per heavy atom. The molecule has 1 amide bonds. The summed E-state index contributed by atoms with van der Waals surface area (Å²) in [6, 6.07) is 10.4. The van der Waals surface area contributed by atoms with Gasteiger partial charge in [-0.25, -0.2) is 8.42 Å². The molecule has 0 bridgehead atoms. The first-order valence-electron chi connectivity index (χ1n) is 12.9. The minimum Gasteiger partial charge on any atom is -0.497 e. The summed E-state index contributed by atoms with van der Waals surface area (Å²) in [5.74, 6) is 0.835. The first-order chi connectivity index (χ1) is 18.0. The van der Waals surface area contributed by atoms with E-state index in [4.69, 9.17) is 9.47 Å². The predicted octanol–water partition coefficient (Wildman–Crippen LogP) is 3.43. The smallest absolute Gasteiger partial charge is 0.243 e. The molecule has 0 aliphatic rings. The second kappa shape index (κ2) is 14.8. The van der Waals surface area contributed by atoms with E-state index in [1.165, 1.54) is 14.2 Å². The fourth-order valence-electron chi connectivity index (χ4n) is 4.12. The van der Waals surface area contributed by atoms with Crippen LogP contribution in [0.1, 0.15) is 48.2 Å². The maximum absolute atomic E-state index is 13.1. The van der Waals surface area contributed by atoms with Gasteiger partial charge in [0, 0.05) is 32.1 Å². The Balaban J connectivity index is 1.79. The third-order valence-electron chi connectivity index (χ3n) is 6.35. The third-order valence-corrected chi connectivity index (χ3v) is 8.46. The Hall–Kier alpha value is -2.95. The van der Waals surface area contributed by atoms with E-state index >= 15 is 0 Å². The summed E-state index contributed by atoms with van der Waals surface area (Å²) in [5, 5.41) is 2.70. The number of carbonyl (C=O) groups excluding carboxylic acids is 2. The maximum atomic E-state index is 13.1. The lowest BCUT2D eigenvalue weighted by Gasteiger charge is -2.20. The Morgan fingerprint density at radius 3 is 2.13 bits per heavy atom. The predicted molar refractivity (Wildman–Crippen MR) is 149 cm³/mol. The number of rotatable bonds is 16. The molecule has 9 nitrogen and oxygen atoms in total. The van der Waals surface area contributed by atoms with E-state index in [0.29, 0.717) is 35.5 Å². The van der Waals surface area contributed by atoms with E-state index in [2.05, 4.69) is 24.1 Å². The first-order valence-corrected chi connectivity index (χ1v) is 14.3. The minimum atomic E-state index is -3.87. The maximum Gasteiger partial charge on any atom is 0.243 e. The summed E-state index contributed by atoms with van der Waals surface area (Å²) in [4.78, 5) is 27.3. The number of Topliss-reactive ketones (excluding diaryl/α,β-unsaturated/α-hetero) is 1. The van der Waals surface area contributed by atoms with Crippen molar-refractivity contribution in [1.29, 1.82) is 0 Å². The molecule has 10 heteroatoms. The van der Waals surface area contributed by atoms with E-state index < -0.39 is 15.9 Å². The molecule has 0 aliphatic heterocycles. The number of hydrogen-bond donors (Lipinski definition) is 1. The number of carbonyl (C=O) groups is 2. The molecule has 0 saturated heterocycles. The van der Waals surface area contributed by atoms with Crippen LogP contribution in [0.15, 0.2) is 41.3 Å². The molecule has 0 aromatic heterocycles.